The quantitative estimate of drug-likeness (QED) is 0.538. The number of carbonyl (C=O) groups is 3. The van der Waals surface area contributed by atoms with Gasteiger partial charge in [-0.1, -0.05) is 0 Å². The molecule has 0 saturated heterocycles. The normalized spacial score (nSPS) is 24.5. The molecule has 1 aromatic rings. The molecule has 1 aliphatic carbocycles. The number of carboxylic acids is 1. The molecule has 168 valence electrons. The van der Waals surface area contributed by atoms with Gasteiger partial charge in [0.1, 0.15) is 29.1 Å². The Morgan fingerprint density at radius 3 is 1.90 bits per heavy atom. The summed E-state index contributed by atoms with van der Waals surface area (Å²) in [7, 11) is 3.01. The molecule has 0 fully saturated rings. The number of methoxy groups -OCH3 is 2. The van der Waals surface area contributed by atoms with Crippen molar-refractivity contribution in [3.63, 3.8) is 0 Å². The van der Waals surface area contributed by atoms with Crippen LogP contribution in [0.25, 0.3) is 6.08 Å². The molecule has 3 unspecified atom stereocenters. The van der Waals surface area contributed by atoms with Gasteiger partial charge in [-0.25, -0.2) is 0 Å². The van der Waals surface area contributed by atoms with Crippen LogP contribution in [0.1, 0.15) is 40.2 Å². The number of rotatable bonds is 6. The maximum absolute atomic E-state index is 12.4. The van der Waals surface area contributed by atoms with Gasteiger partial charge in [0, 0.05) is 25.5 Å². The minimum atomic E-state index is -1.55. The highest BCUT2D eigenvalue weighted by Crippen LogP contribution is 2.47. The lowest BCUT2D eigenvalue weighted by Gasteiger charge is -2.43. The van der Waals surface area contributed by atoms with Gasteiger partial charge in [-0.05, 0) is 55.7 Å². The van der Waals surface area contributed by atoms with Crippen LogP contribution in [0.3, 0.4) is 0 Å². The summed E-state index contributed by atoms with van der Waals surface area (Å²) < 4.78 is 21.7. The smallest absolute Gasteiger partial charge is 0.317 e. The van der Waals surface area contributed by atoms with E-state index >= 15 is 0 Å². The number of carbonyl (C=O) groups excluding carboxylic acids is 2. The Labute approximate surface area is 181 Å². The molecular weight excluding hydrogens is 404 g/mol. The first-order chi connectivity index (χ1) is 14.4. The maximum atomic E-state index is 12.4. The van der Waals surface area contributed by atoms with Crippen LogP contribution in [0.2, 0.25) is 0 Å². The molecule has 0 heterocycles. The number of carboxylic acid groups (broad SMARTS) is 1. The summed E-state index contributed by atoms with van der Waals surface area (Å²) in [4.78, 5) is 36.1. The molecule has 0 spiro atoms. The Morgan fingerprint density at radius 2 is 1.48 bits per heavy atom. The van der Waals surface area contributed by atoms with Crippen molar-refractivity contribution < 1.29 is 38.4 Å². The summed E-state index contributed by atoms with van der Waals surface area (Å²) in [6, 6.07) is 5.11. The highest BCUT2D eigenvalue weighted by Gasteiger charge is 2.53. The van der Waals surface area contributed by atoms with Crippen LogP contribution in [-0.2, 0) is 23.9 Å². The van der Waals surface area contributed by atoms with Crippen molar-refractivity contribution in [1.82, 2.24) is 0 Å². The summed E-state index contributed by atoms with van der Waals surface area (Å²) in [5.74, 6) is -1.34. The van der Waals surface area contributed by atoms with Crippen LogP contribution < -0.4 is 9.47 Å². The molecule has 1 N–H and O–H groups in total. The van der Waals surface area contributed by atoms with Crippen molar-refractivity contribution in [3.8, 4) is 11.5 Å². The first kappa shape index (κ1) is 24.0. The zero-order valence-corrected chi connectivity index (χ0v) is 18.8. The predicted molar refractivity (Wildman–Crippen MR) is 113 cm³/mol. The van der Waals surface area contributed by atoms with Gasteiger partial charge < -0.3 is 24.1 Å². The number of aliphatic carboxylic acids is 1. The lowest BCUT2D eigenvalue weighted by molar-refractivity contribution is -0.162. The van der Waals surface area contributed by atoms with Gasteiger partial charge in [-0.3, -0.25) is 14.4 Å². The van der Waals surface area contributed by atoms with E-state index in [9.17, 15) is 19.5 Å². The van der Waals surface area contributed by atoms with Gasteiger partial charge in [0.2, 0.25) is 0 Å². The van der Waals surface area contributed by atoms with Crippen LogP contribution in [0.15, 0.2) is 34.9 Å². The molecule has 0 amide bonds. The van der Waals surface area contributed by atoms with Crippen LogP contribution in [0.4, 0.5) is 0 Å². The Hall–Kier alpha value is -3.29. The van der Waals surface area contributed by atoms with E-state index in [0.29, 0.717) is 33.8 Å². The van der Waals surface area contributed by atoms with Crippen molar-refractivity contribution in [1.29, 1.82) is 0 Å². The number of hydrogen-bond donors (Lipinski definition) is 1. The molecule has 2 rings (SSSR count). The van der Waals surface area contributed by atoms with Crippen LogP contribution in [0.5, 0.6) is 11.5 Å². The first-order valence-corrected chi connectivity index (χ1v) is 9.65. The van der Waals surface area contributed by atoms with E-state index in [1.54, 1.807) is 38.1 Å². The van der Waals surface area contributed by atoms with Crippen LogP contribution in [0, 0.1) is 5.41 Å². The molecule has 1 aliphatic rings. The molecule has 3 atom stereocenters. The zero-order valence-electron chi connectivity index (χ0n) is 18.8. The van der Waals surface area contributed by atoms with Gasteiger partial charge in [0.05, 0.1) is 14.2 Å². The largest absolute Gasteiger partial charge is 0.497 e. The topological polar surface area (TPSA) is 108 Å². The minimum Gasteiger partial charge on any atom is -0.497 e. The molecule has 0 radical (unpaired) electrons. The second kappa shape index (κ2) is 9.24. The van der Waals surface area contributed by atoms with Crippen molar-refractivity contribution in [2.45, 2.75) is 46.8 Å². The van der Waals surface area contributed by atoms with Gasteiger partial charge in [0.25, 0.3) is 0 Å². The van der Waals surface area contributed by atoms with E-state index in [2.05, 4.69) is 0 Å². The molecule has 0 bridgehead atoms. The lowest BCUT2D eigenvalue weighted by atomic mass is 9.66. The summed E-state index contributed by atoms with van der Waals surface area (Å²) in [6.07, 6.45) is -0.456. The average Bonchev–Trinajstić information content (AvgIpc) is 2.71. The fourth-order valence-corrected chi connectivity index (χ4v) is 3.73. The monoisotopic (exact) mass is 432 g/mol. The maximum Gasteiger partial charge on any atom is 0.317 e. The van der Waals surface area contributed by atoms with Crippen LogP contribution >= 0.6 is 0 Å². The summed E-state index contributed by atoms with van der Waals surface area (Å²) in [5, 5.41) is 10.1. The predicted octanol–water partition coefficient (Wildman–Crippen LogP) is 3.39. The number of hydrogen-bond acceptors (Lipinski definition) is 7. The van der Waals surface area contributed by atoms with Crippen LogP contribution in [-0.4, -0.2) is 49.4 Å². The summed E-state index contributed by atoms with van der Waals surface area (Å²) in [6.45, 7) is 7.30. The second-order valence-corrected chi connectivity index (χ2v) is 7.58. The van der Waals surface area contributed by atoms with E-state index in [1.807, 2.05) is 0 Å². The van der Waals surface area contributed by atoms with Gasteiger partial charge in [-0.15, -0.1) is 0 Å². The van der Waals surface area contributed by atoms with E-state index in [1.165, 1.54) is 35.0 Å². The van der Waals surface area contributed by atoms with Gasteiger partial charge in [0.15, 0.2) is 0 Å². The number of ether oxygens (including phenoxy) is 4. The summed E-state index contributed by atoms with van der Waals surface area (Å²) >= 11 is 0. The van der Waals surface area contributed by atoms with Crippen molar-refractivity contribution >= 4 is 24.0 Å². The third kappa shape index (κ3) is 4.73. The van der Waals surface area contributed by atoms with Gasteiger partial charge in [-0.2, -0.15) is 0 Å². The Balaban J connectivity index is 2.84. The molecule has 8 heteroatoms. The molecule has 0 aromatic heterocycles. The van der Waals surface area contributed by atoms with E-state index in [-0.39, 0.29) is 0 Å². The lowest BCUT2D eigenvalue weighted by Crippen LogP contribution is -2.51. The van der Waals surface area contributed by atoms with E-state index < -0.39 is 35.5 Å². The molecule has 1 aromatic carbocycles. The number of esters is 2. The Morgan fingerprint density at radius 1 is 0.968 bits per heavy atom. The zero-order chi connectivity index (χ0) is 23.5. The Bertz CT molecular complexity index is 936. The fraction of sp³-hybridized carbons (Fsp3) is 0.435. The third-order valence-electron chi connectivity index (χ3n) is 5.61. The SMILES string of the molecule is COc1cc(/C=C2/C(OC(C)=O)C(C)=C(C)C(C)(C(=O)O)C2OC(C)=O)cc(OC)c1. The Kier molecular flexibility index (Phi) is 7.15. The van der Waals surface area contributed by atoms with E-state index in [0.717, 1.165) is 0 Å². The van der Waals surface area contributed by atoms with Crippen molar-refractivity contribution in [2.75, 3.05) is 14.2 Å². The van der Waals surface area contributed by atoms with Crippen molar-refractivity contribution in [2.24, 2.45) is 5.41 Å². The highest BCUT2D eigenvalue weighted by molar-refractivity contribution is 5.83. The second-order valence-electron chi connectivity index (χ2n) is 7.58. The molecule has 0 aliphatic heterocycles. The average molecular weight is 432 g/mol. The van der Waals surface area contributed by atoms with E-state index in [4.69, 9.17) is 18.9 Å². The standard InChI is InChI=1S/C23H28O8/c1-12-13(2)23(5,22(26)27)21(31-15(4)25)19(20(12)30-14(3)24)10-16-8-17(28-6)11-18(9-16)29-7/h8-11,20-21H,1-7H3,(H,26,27)/b19-10-. The first-order valence-electron chi connectivity index (χ1n) is 9.65. The highest BCUT2D eigenvalue weighted by atomic mass is 16.6. The van der Waals surface area contributed by atoms with Gasteiger partial charge >= 0.3 is 17.9 Å². The molecule has 8 nitrogen and oxygen atoms in total. The van der Waals surface area contributed by atoms with Crippen molar-refractivity contribution in [3.05, 3.63) is 40.5 Å². The summed E-state index contributed by atoms with van der Waals surface area (Å²) in [5.41, 5.74) is 0.387. The minimum absolute atomic E-state index is 0.328. The number of benzene rings is 1. The molecule has 31 heavy (non-hydrogen) atoms. The third-order valence-corrected chi connectivity index (χ3v) is 5.61. The molecule has 0 saturated carbocycles. The molecular formula is C23H28O8. The fourth-order valence-electron chi connectivity index (χ4n) is 3.73.